The van der Waals surface area contributed by atoms with Crippen molar-refractivity contribution in [2.45, 2.75) is 84.0 Å². The van der Waals surface area contributed by atoms with Crippen molar-refractivity contribution in [3.8, 4) is 0 Å². The molecule has 0 spiro atoms. The van der Waals surface area contributed by atoms with E-state index in [9.17, 15) is 33.9 Å². The third kappa shape index (κ3) is 10.5. The Morgan fingerprint density at radius 3 is 2.13 bits per heavy atom. The highest BCUT2D eigenvalue weighted by Gasteiger charge is 2.37. The lowest BCUT2D eigenvalue weighted by Crippen LogP contribution is -2.59. The number of carbonyl (C=O) groups is 6. The molecule has 14 heteroatoms. The molecule has 6 amide bonds. The first kappa shape index (κ1) is 32.6. The minimum atomic E-state index is -1.26. The van der Waals surface area contributed by atoms with Crippen LogP contribution in [0.25, 0.3) is 0 Å². The fourth-order valence-electron chi connectivity index (χ4n) is 4.25. The molecule has 1 heterocycles. The number of carboxylic acids is 1. The average Bonchev–Trinajstić information content (AvgIpc) is 3.32. The van der Waals surface area contributed by atoms with E-state index >= 15 is 0 Å². The molecule has 1 aliphatic rings. The van der Waals surface area contributed by atoms with E-state index in [1.54, 1.807) is 13.8 Å². The van der Waals surface area contributed by atoms with Gasteiger partial charge in [-0.05, 0) is 43.9 Å². The van der Waals surface area contributed by atoms with Crippen LogP contribution in [-0.2, 0) is 24.0 Å². The van der Waals surface area contributed by atoms with E-state index in [1.807, 2.05) is 13.8 Å². The summed E-state index contributed by atoms with van der Waals surface area (Å²) < 4.78 is 0. The quantitative estimate of drug-likeness (QED) is 0.122. The van der Waals surface area contributed by atoms with Crippen LogP contribution in [0.2, 0.25) is 0 Å². The van der Waals surface area contributed by atoms with Gasteiger partial charge in [0.1, 0.15) is 24.2 Å². The van der Waals surface area contributed by atoms with Crippen molar-refractivity contribution in [1.29, 1.82) is 0 Å². The maximum Gasteiger partial charge on any atom is 0.326 e. The second kappa shape index (κ2) is 15.7. The van der Waals surface area contributed by atoms with Gasteiger partial charge in [-0.15, -0.1) is 0 Å². The van der Waals surface area contributed by atoms with Crippen molar-refractivity contribution in [1.82, 2.24) is 26.2 Å². The zero-order valence-corrected chi connectivity index (χ0v) is 22.6. The molecule has 9 N–H and O–H groups in total. The van der Waals surface area contributed by atoms with Gasteiger partial charge in [0.2, 0.25) is 23.6 Å². The molecule has 0 unspecified atom stereocenters. The van der Waals surface area contributed by atoms with E-state index < -0.39 is 53.9 Å². The first-order chi connectivity index (χ1) is 17.8. The van der Waals surface area contributed by atoms with Gasteiger partial charge >= 0.3 is 12.0 Å². The Labute approximate surface area is 223 Å². The summed E-state index contributed by atoms with van der Waals surface area (Å²) in [5.41, 5.74) is 10.4. The molecular formula is C24H43N7O7. The standard InChI is InChI=1S/C24H43N7O7/c1-13(2)11-16(20(33)28-15(23(36)37)7-5-9-27-24(26)38)29-22(35)19(14(3)4)30-21(34)17-8-6-10-31(17)18(32)12-25/h13-17,19H,5-12,25H2,1-4H3,(H,28,33)(H,29,35)(H,30,34)(H,36,37)(H3,26,27,38)/t15-,16-,17-,19-/m0/s1. The number of hydrogen-bond donors (Lipinski definition) is 7. The Morgan fingerprint density at radius 2 is 1.61 bits per heavy atom. The third-order valence-electron chi connectivity index (χ3n) is 6.22. The van der Waals surface area contributed by atoms with Gasteiger partial charge < -0.3 is 42.7 Å². The lowest BCUT2D eigenvalue weighted by molar-refractivity contribution is -0.142. The number of primary amides is 1. The Hall–Kier alpha value is -3.42. The van der Waals surface area contributed by atoms with Crippen molar-refractivity contribution >= 4 is 35.6 Å². The van der Waals surface area contributed by atoms with Gasteiger partial charge in [0, 0.05) is 13.1 Å². The maximum atomic E-state index is 13.2. The molecule has 0 saturated carbocycles. The molecule has 4 atom stereocenters. The summed E-state index contributed by atoms with van der Waals surface area (Å²) in [7, 11) is 0. The molecule has 216 valence electrons. The van der Waals surface area contributed by atoms with E-state index in [-0.39, 0.29) is 50.1 Å². The van der Waals surface area contributed by atoms with E-state index in [0.29, 0.717) is 19.4 Å². The molecule has 1 fully saturated rings. The predicted molar refractivity (Wildman–Crippen MR) is 138 cm³/mol. The zero-order valence-electron chi connectivity index (χ0n) is 22.6. The number of aliphatic carboxylic acids is 1. The Kier molecular flexibility index (Phi) is 13.5. The number of nitrogens with one attached hydrogen (secondary N) is 4. The van der Waals surface area contributed by atoms with Gasteiger partial charge in [0.15, 0.2) is 0 Å². The van der Waals surface area contributed by atoms with E-state index in [4.69, 9.17) is 11.5 Å². The van der Waals surface area contributed by atoms with Gasteiger partial charge in [-0.1, -0.05) is 27.7 Å². The highest BCUT2D eigenvalue weighted by atomic mass is 16.4. The molecule has 1 rings (SSSR count). The molecule has 0 aromatic carbocycles. The second-order valence-electron chi connectivity index (χ2n) is 10.2. The second-order valence-corrected chi connectivity index (χ2v) is 10.2. The normalized spacial score (nSPS) is 17.4. The first-order valence-electron chi connectivity index (χ1n) is 12.9. The molecule has 0 radical (unpaired) electrons. The topological polar surface area (TPSA) is 226 Å². The van der Waals surface area contributed by atoms with Crippen LogP contribution in [0.5, 0.6) is 0 Å². The molecule has 1 saturated heterocycles. The van der Waals surface area contributed by atoms with Crippen LogP contribution in [0, 0.1) is 11.8 Å². The number of hydrogen-bond acceptors (Lipinski definition) is 7. The van der Waals surface area contributed by atoms with Crippen molar-refractivity contribution in [2.75, 3.05) is 19.6 Å². The summed E-state index contributed by atoms with van der Waals surface area (Å²) in [6.45, 7) is 7.50. The number of amides is 6. The minimum absolute atomic E-state index is 0.0180. The number of nitrogens with two attached hydrogens (primary N) is 2. The highest BCUT2D eigenvalue weighted by molar-refractivity contribution is 5.95. The molecule has 38 heavy (non-hydrogen) atoms. The van der Waals surface area contributed by atoms with Crippen LogP contribution in [-0.4, -0.2) is 89.4 Å². The summed E-state index contributed by atoms with van der Waals surface area (Å²) in [6, 6.07) is -4.74. The summed E-state index contributed by atoms with van der Waals surface area (Å²) in [6.07, 6.45) is 1.62. The summed E-state index contributed by atoms with van der Waals surface area (Å²) in [5.74, 6) is -3.71. The lowest BCUT2D eigenvalue weighted by atomic mass is 9.99. The Bertz CT molecular complexity index is 865. The van der Waals surface area contributed by atoms with Crippen molar-refractivity contribution < 1.29 is 33.9 Å². The van der Waals surface area contributed by atoms with Gasteiger partial charge in [-0.25, -0.2) is 9.59 Å². The summed E-state index contributed by atoms with van der Waals surface area (Å²) in [4.78, 5) is 75.2. The summed E-state index contributed by atoms with van der Waals surface area (Å²) >= 11 is 0. The number of carboxylic acid groups (broad SMARTS) is 1. The fraction of sp³-hybridized carbons (Fsp3) is 0.750. The maximum absolute atomic E-state index is 13.2. The van der Waals surface area contributed by atoms with Crippen molar-refractivity contribution in [2.24, 2.45) is 23.3 Å². The Balaban J connectivity index is 2.92. The van der Waals surface area contributed by atoms with Crippen molar-refractivity contribution in [3.05, 3.63) is 0 Å². The largest absolute Gasteiger partial charge is 0.480 e. The van der Waals surface area contributed by atoms with Crippen LogP contribution in [0.1, 0.15) is 59.8 Å². The SMILES string of the molecule is CC(C)C[C@H](NC(=O)[C@@H](NC(=O)[C@@H]1CCCN1C(=O)CN)C(C)C)C(=O)N[C@@H](CCCNC(N)=O)C(=O)O. The van der Waals surface area contributed by atoms with Crippen molar-refractivity contribution in [3.63, 3.8) is 0 Å². The minimum Gasteiger partial charge on any atom is -0.480 e. The van der Waals surface area contributed by atoms with Gasteiger partial charge in [0.25, 0.3) is 0 Å². The molecule has 14 nitrogen and oxygen atoms in total. The molecule has 0 bridgehead atoms. The predicted octanol–water partition coefficient (Wildman–Crippen LogP) is -1.37. The highest BCUT2D eigenvalue weighted by Crippen LogP contribution is 2.18. The fourth-order valence-corrected chi connectivity index (χ4v) is 4.25. The number of carbonyl (C=O) groups excluding carboxylic acids is 5. The number of likely N-dealkylation sites (tertiary alicyclic amines) is 1. The van der Waals surface area contributed by atoms with Gasteiger partial charge in [-0.2, -0.15) is 0 Å². The third-order valence-corrected chi connectivity index (χ3v) is 6.22. The summed E-state index contributed by atoms with van der Waals surface area (Å²) in [5, 5.41) is 19.7. The molecule has 1 aliphatic heterocycles. The lowest BCUT2D eigenvalue weighted by Gasteiger charge is -2.29. The number of nitrogens with zero attached hydrogens (tertiary/aromatic N) is 1. The number of urea groups is 1. The molecular weight excluding hydrogens is 498 g/mol. The number of rotatable bonds is 15. The smallest absolute Gasteiger partial charge is 0.326 e. The van der Waals surface area contributed by atoms with E-state index in [2.05, 4.69) is 21.3 Å². The first-order valence-corrected chi connectivity index (χ1v) is 12.9. The van der Waals surface area contributed by atoms with Crippen LogP contribution < -0.4 is 32.7 Å². The molecule has 0 aliphatic carbocycles. The van der Waals surface area contributed by atoms with Crippen LogP contribution in [0.4, 0.5) is 4.79 Å². The van der Waals surface area contributed by atoms with Crippen LogP contribution in [0.3, 0.4) is 0 Å². The van der Waals surface area contributed by atoms with Gasteiger partial charge in [-0.3, -0.25) is 19.2 Å². The monoisotopic (exact) mass is 541 g/mol. The zero-order chi connectivity index (χ0) is 29.0. The van der Waals surface area contributed by atoms with Crippen LogP contribution in [0.15, 0.2) is 0 Å². The molecule has 0 aromatic rings. The van der Waals surface area contributed by atoms with E-state index in [1.165, 1.54) is 4.90 Å². The van der Waals surface area contributed by atoms with Crippen LogP contribution >= 0.6 is 0 Å². The van der Waals surface area contributed by atoms with E-state index in [0.717, 1.165) is 0 Å². The Morgan fingerprint density at radius 1 is 0.974 bits per heavy atom. The molecule has 0 aromatic heterocycles. The van der Waals surface area contributed by atoms with Gasteiger partial charge in [0.05, 0.1) is 6.54 Å². The average molecular weight is 542 g/mol.